The van der Waals surface area contributed by atoms with E-state index in [1.807, 2.05) is 6.07 Å². The van der Waals surface area contributed by atoms with Gasteiger partial charge in [-0.05, 0) is 57.6 Å². The quantitative estimate of drug-likeness (QED) is 0.148. The van der Waals surface area contributed by atoms with Crippen molar-refractivity contribution in [3.8, 4) is 0 Å². The highest BCUT2D eigenvalue weighted by Crippen LogP contribution is 2.33. The molecule has 1 unspecified atom stereocenters. The van der Waals surface area contributed by atoms with Gasteiger partial charge in [-0.15, -0.1) is 0 Å². The van der Waals surface area contributed by atoms with Crippen molar-refractivity contribution in [2.75, 3.05) is 63.1 Å². The van der Waals surface area contributed by atoms with Crippen molar-refractivity contribution in [3.05, 3.63) is 87.3 Å². The monoisotopic (exact) mass is 719 g/mol. The van der Waals surface area contributed by atoms with E-state index in [4.69, 9.17) is 16.3 Å². The van der Waals surface area contributed by atoms with E-state index < -0.39 is 35.3 Å². The Kier molecular flexibility index (Phi) is 11.7. The van der Waals surface area contributed by atoms with Gasteiger partial charge in [0.25, 0.3) is 11.5 Å². The van der Waals surface area contributed by atoms with E-state index in [9.17, 15) is 24.3 Å². The maximum atomic E-state index is 13.6. The summed E-state index contributed by atoms with van der Waals surface area (Å²) in [5, 5.41) is 19.4. The summed E-state index contributed by atoms with van der Waals surface area (Å²) in [5.41, 5.74) is -0.846. The van der Waals surface area contributed by atoms with E-state index in [0.717, 1.165) is 32.7 Å². The highest BCUT2D eigenvalue weighted by atomic mass is 35.5. The van der Waals surface area contributed by atoms with Crippen molar-refractivity contribution in [1.29, 1.82) is 0 Å². The summed E-state index contributed by atoms with van der Waals surface area (Å²) in [6.45, 7) is 10.6. The fourth-order valence-corrected chi connectivity index (χ4v) is 5.67. The average molecular weight is 720 g/mol. The van der Waals surface area contributed by atoms with Crippen LogP contribution in [0.2, 0.25) is 5.02 Å². The molecule has 0 radical (unpaired) electrons. The van der Waals surface area contributed by atoms with Crippen molar-refractivity contribution in [3.63, 3.8) is 0 Å². The van der Waals surface area contributed by atoms with Crippen LogP contribution in [-0.2, 0) is 4.74 Å². The van der Waals surface area contributed by atoms with Crippen molar-refractivity contribution in [1.82, 2.24) is 35.4 Å². The zero-order valence-electron chi connectivity index (χ0n) is 28.9. The van der Waals surface area contributed by atoms with Gasteiger partial charge in [-0.25, -0.2) is 19.5 Å². The molecule has 270 valence electrons. The summed E-state index contributed by atoms with van der Waals surface area (Å²) >= 11 is 6.48. The third-order valence-electron chi connectivity index (χ3n) is 8.12. The van der Waals surface area contributed by atoms with Gasteiger partial charge >= 0.3 is 12.2 Å². The van der Waals surface area contributed by atoms with Crippen LogP contribution in [0.3, 0.4) is 0 Å². The third-order valence-corrected chi connectivity index (χ3v) is 8.44. The maximum Gasteiger partial charge on any atom is 0.416 e. The van der Waals surface area contributed by atoms with Gasteiger partial charge in [-0.2, -0.15) is 4.98 Å². The van der Waals surface area contributed by atoms with Gasteiger partial charge in [0.1, 0.15) is 16.9 Å². The zero-order chi connectivity index (χ0) is 36.7. The molecule has 3 heterocycles. The van der Waals surface area contributed by atoms with Crippen LogP contribution in [-0.4, -0.2) is 106 Å². The van der Waals surface area contributed by atoms with E-state index in [-0.39, 0.29) is 34.2 Å². The molecule has 1 aliphatic heterocycles. The number of halogens is 1. The number of anilines is 3. The smallest absolute Gasteiger partial charge is 0.416 e. The standard InChI is InChI=1S/C35H42ClN9O6/c1-35(2,3)51-33(48)39-21-26(22-8-6-5-7-9-22)40-30(46)23-10-11-25(36)27(18-23)45(34(49)50)28-19-24-20-38-32(42-29(24)41-31(28)47)37-12-13-44-16-14-43(4)15-17-44/h5-11,18-20,26H,12-17,21H2,1-4H3,(H,39,48)(H,40,46)(H,49,50)(H2,37,38,41,42,47). The molecule has 2 aromatic heterocycles. The zero-order valence-corrected chi connectivity index (χ0v) is 29.7. The first-order chi connectivity index (χ1) is 24.3. The number of alkyl carbamates (subject to hydrolysis) is 1. The number of benzene rings is 2. The summed E-state index contributed by atoms with van der Waals surface area (Å²) in [6.07, 6.45) is -0.671. The second kappa shape index (κ2) is 16.2. The first-order valence-electron chi connectivity index (χ1n) is 16.5. The number of aromatic nitrogens is 3. The number of pyridine rings is 1. The number of nitrogens with zero attached hydrogens (tertiary/aromatic N) is 5. The summed E-state index contributed by atoms with van der Waals surface area (Å²) in [5.74, 6) is -0.251. The molecule has 16 heteroatoms. The Morgan fingerprint density at radius 1 is 1.06 bits per heavy atom. The Hall–Kier alpha value is -5.25. The van der Waals surface area contributed by atoms with Crippen LogP contribution < -0.4 is 26.4 Å². The largest absolute Gasteiger partial charge is 0.464 e. The number of rotatable bonds is 11. The number of piperazine rings is 1. The first kappa shape index (κ1) is 37.0. The molecule has 0 bridgehead atoms. The molecule has 15 nitrogen and oxygen atoms in total. The Bertz CT molecular complexity index is 1930. The van der Waals surface area contributed by atoms with Crippen LogP contribution in [0.25, 0.3) is 11.0 Å². The minimum absolute atomic E-state index is 0.00833. The minimum Gasteiger partial charge on any atom is -0.464 e. The number of carbonyl (C=O) groups excluding carboxylic acids is 2. The predicted molar refractivity (Wildman–Crippen MR) is 195 cm³/mol. The van der Waals surface area contributed by atoms with Crippen molar-refractivity contribution < 1.29 is 24.2 Å². The second-order valence-corrected chi connectivity index (χ2v) is 13.6. The highest BCUT2D eigenvalue weighted by molar-refractivity contribution is 6.34. The van der Waals surface area contributed by atoms with Crippen LogP contribution in [0, 0.1) is 0 Å². The lowest BCUT2D eigenvalue weighted by atomic mass is 10.1. The van der Waals surface area contributed by atoms with Crippen molar-refractivity contribution in [2.24, 2.45) is 0 Å². The van der Waals surface area contributed by atoms with E-state index in [1.54, 1.807) is 45.0 Å². The summed E-state index contributed by atoms with van der Waals surface area (Å²) in [6, 6.07) is 13.8. The molecule has 51 heavy (non-hydrogen) atoms. The second-order valence-electron chi connectivity index (χ2n) is 13.2. The van der Waals surface area contributed by atoms with Crippen LogP contribution >= 0.6 is 11.6 Å². The van der Waals surface area contributed by atoms with Gasteiger partial charge in [0.15, 0.2) is 0 Å². The molecule has 5 N–H and O–H groups in total. The number of nitrogens with one attached hydrogen (secondary N) is 4. The molecular formula is C35H42ClN9O6. The number of amides is 3. The summed E-state index contributed by atoms with van der Waals surface area (Å²) < 4.78 is 5.33. The van der Waals surface area contributed by atoms with Crippen LogP contribution in [0.15, 0.2) is 65.6 Å². The number of H-pyrrole nitrogens is 1. The van der Waals surface area contributed by atoms with Crippen molar-refractivity contribution >= 4 is 58.1 Å². The van der Waals surface area contributed by atoms with Gasteiger partial charge in [-0.1, -0.05) is 41.9 Å². The topological polar surface area (TPSA) is 185 Å². The Morgan fingerprint density at radius 2 is 1.78 bits per heavy atom. The molecule has 2 aromatic carbocycles. The van der Waals surface area contributed by atoms with Gasteiger partial charge in [-0.3, -0.25) is 14.5 Å². The Labute approximate surface area is 300 Å². The molecule has 0 aliphatic carbocycles. The fourth-order valence-electron chi connectivity index (χ4n) is 5.47. The lowest BCUT2D eigenvalue weighted by molar-refractivity contribution is 0.0519. The molecule has 0 saturated carbocycles. The minimum atomic E-state index is -1.51. The van der Waals surface area contributed by atoms with Gasteiger partial charge in [0.05, 0.1) is 16.8 Å². The summed E-state index contributed by atoms with van der Waals surface area (Å²) in [7, 11) is 2.10. The molecule has 1 fully saturated rings. The molecule has 0 spiro atoms. The van der Waals surface area contributed by atoms with Gasteiger partial charge in [0.2, 0.25) is 5.95 Å². The molecule has 1 saturated heterocycles. The molecule has 3 amide bonds. The highest BCUT2D eigenvalue weighted by Gasteiger charge is 2.26. The SMILES string of the molecule is CN1CCN(CCNc2ncc3cc(N(C(=O)O)c4cc(C(=O)NC(CNC(=O)OC(C)(C)C)c5ccccc5)ccc4Cl)c(=O)[nH]c3n2)CC1. The number of hydrogen-bond acceptors (Lipinski definition) is 10. The van der Waals surface area contributed by atoms with E-state index >= 15 is 0 Å². The van der Waals surface area contributed by atoms with E-state index in [2.05, 4.69) is 47.7 Å². The molecule has 1 atom stereocenters. The number of aromatic amines is 1. The number of hydrogen-bond donors (Lipinski definition) is 5. The number of carboxylic acid groups (broad SMARTS) is 1. The normalized spacial score (nSPS) is 14.5. The summed E-state index contributed by atoms with van der Waals surface area (Å²) in [4.78, 5) is 68.7. The van der Waals surface area contributed by atoms with Crippen LogP contribution in [0.1, 0.15) is 42.7 Å². The lowest BCUT2D eigenvalue weighted by Gasteiger charge is -2.32. The van der Waals surface area contributed by atoms with Gasteiger partial charge in [0, 0.05) is 63.0 Å². The number of ether oxygens (including phenoxy) is 1. The molecular weight excluding hydrogens is 678 g/mol. The third kappa shape index (κ3) is 9.93. The number of fused-ring (bicyclic) bond motifs is 1. The maximum absolute atomic E-state index is 13.6. The van der Waals surface area contributed by atoms with Crippen molar-refractivity contribution in [2.45, 2.75) is 32.4 Å². The lowest BCUT2D eigenvalue weighted by Crippen LogP contribution is -2.45. The Morgan fingerprint density at radius 3 is 2.47 bits per heavy atom. The predicted octanol–water partition coefficient (Wildman–Crippen LogP) is 4.44. The number of likely N-dealkylation sites (N-methyl/N-ethyl adjacent to an activating group) is 1. The van der Waals surface area contributed by atoms with Crippen LogP contribution in [0.5, 0.6) is 0 Å². The van der Waals surface area contributed by atoms with E-state index in [1.165, 1.54) is 30.5 Å². The molecule has 5 rings (SSSR count). The molecule has 4 aromatic rings. The number of carbonyl (C=O) groups is 3. The first-order valence-corrected chi connectivity index (χ1v) is 16.9. The average Bonchev–Trinajstić information content (AvgIpc) is 3.08. The van der Waals surface area contributed by atoms with E-state index in [0.29, 0.717) is 28.3 Å². The molecule has 1 aliphatic rings. The van der Waals surface area contributed by atoms with Gasteiger partial charge < -0.3 is 35.7 Å². The Balaban J connectivity index is 1.35. The van der Waals surface area contributed by atoms with Crippen LogP contribution in [0.4, 0.5) is 26.9 Å². The fraction of sp³-hybridized carbons (Fsp3) is 0.371.